The first kappa shape index (κ1) is 21.5. The van der Waals surface area contributed by atoms with Crippen LogP contribution in [0.25, 0.3) is 0 Å². The Balaban J connectivity index is 2.56. The van der Waals surface area contributed by atoms with E-state index in [0.29, 0.717) is 42.5 Å². The lowest BCUT2D eigenvalue weighted by molar-refractivity contribution is -0.120. The van der Waals surface area contributed by atoms with Crippen molar-refractivity contribution >= 4 is 23.3 Å². The Morgan fingerprint density at radius 1 is 1.27 bits per heavy atom. The Kier molecular flexibility index (Phi) is 9.19. The molecule has 0 spiro atoms. The summed E-state index contributed by atoms with van der Waals surface area (Å²) in [5, 5.41) is 6.43. The van der Waals surface area contributed by atoms with Crippen LogP contribution in [0.4, 0.5) is 5.69 Å². The zero-order valence-corrected chi connectivity index (χ0v) is 16.1. The molecule has 0 unspecified atom stereocenters. The van der Waals surface area contributed by atoms with Gasteiger partial charge in [0, 0.05) is 30.8 Å². The van der Waals surface area contributed by atoms with Crippen LogP contribution in [0.15, 0.2) is 29.4 Å². The van der Waals surface area contributed by atoms with E-state index in [1.165, 1.54) is 0 Å². The van der Waals surface area contributed by atoms with Crippen LogP contribution >= 0.6 is 0 Å². The molecule has 1 rings (SSSR count). The molecule has 0 saturated carbocycles. The monoisotopic (exact) mass is 362 g/mol. The number of benzene rings is 1. The number of hydrogen-bond donors (Lipinski definition) is 2. The fourth-order valence-corrected chi connectivity index (χ4v) is 2.28. The molecule has 7 heteroatoms. The first-order chi connectivity index (χ1) is 12.4. The Bertz CT molecular complexity index is 625. The van der Waals surface area contributed by atoms with Crippen molar-refractivity contribution < 1.29 is 14.4 Å². The predicted molar refractivity (Wildman–Crippen MR) is 104 cm³/mol. The molecule has 0 aliphatic rings. The number of carbonyl (C=O) groups is 2. The summed E-state index contributed by atoms with van der Waals surface area (Å²) < 4.78 is 0. The van der Waals surface area contributed by atoms with E-state index in [-0.39, 0.29) is 18.4 Å². The molecule has 0 aliphatic heterocycles. The molecule has 144 valence electrons. The van der Waals surface area contributed by atoms with Crippen LogP contribution in [-0.2, 0) is 9.63 Å². The first-order valence-corrected chi connectivity index (χ1v) is 9.00. The van der Waals surface area contributed by atoms with E-state index in [4.69, 9.17) is 10.6 Å². The van der Waals surface area contributed by atoms with Gasteiger partial charge in [0.15, 0.2) is 6.61 Å². The summed E-state index contributed by atoms with van der Waals surface area (Å²) in [7, 11) is 0. The molecule has 3 N–H and O–H groups in total. The molecule has 26 heavy (non-hydrogen) atoms. The fraction of sp³-hybridized carbons (Fsp3) is 0.526. The van der Waals surface area contributed by atoms with Gasteiger partial charge in [0.2, 0.25) is 0 Å². The second kappa shape index (κ2) is 11.1. The van der Waals surface area contributed by atoms with Crippen molar-refractivity contribution in [3.63, 3.8) is 0 Å². The SMILES string of the molecule is CCN(CC)C(=O)c1cccc(NC(=O)CO/N=C(\N)CCC(C)C)c1. The summed E-state index contributed by atoms with van der Waals surface area (Å²) in [5.74, 6) is 0.472. The number of amides is 2. The average molecular weight is 362 g/mol. The highest BCUT2D eigenvalue weighted by molar-refractivity contribution is 5.97. The molecule has 0 fully saturated rings. The molecule has 7 nitrogen and oxygen atoms in total. The molecule has 2 amide bonds. The summed E-state index contributed by atoms with van der Waals surface area (Å²) in [5.41, 5.74) is 6.79. The fourth-order valence-electron chi connectivity index (χ4n) is 2.28. The third kappa shape index (κ3) is 7.55. The molecule has 0 aromatic heterocycles. The summed E-state index contributed by atoms with van der Waals surface area (Å²) in [6.45, 7) is 9.08. The lowest BCUT2D eigenvalue weighted by Gasteiger charge is -2.19. The van der Waals surface area contributed by atoms with Gasteiger partial charge in [-0.05, 0) is 44.4 Å². The largest absolute Gasteiger partial charge is 0.384 e. The van der Waals surface area contributed by atoms with Gasteiger partial charge in [-0.15, -0.1) is 0 Å². The van der Waals surface area contributed by atoms with Crippen LogP contribution in [0, 0.1) is 5.92 Å². The molecule has 0 radical (unpaired) electrons. The van der Waals surface area contributed by atoms with Gasteiger partial charge in [0.1, 0.15) is 5.84 Å². The second-order valence-electron chi connectivity index (χ2n) is 6.40. The quantitative estimate of drug-likeness (QED) is 0.380. The third-order valence-corrected chi connectivity index (χ3v) is 3.80. The van der Waals surface area contributed by atoms with Gasteiger partial charge >= 0.3 is 0 Å². The van der Waals surface area contributed by atoms with Gasteiger partial charge in [0.25, 0.3) is 11.8 Å². The topological polar surface area (TPSA) is 97.0 Å². The normalized spacial score (nSPS) is 11.3. The van der Waals surface area contributed by atoms with Crippen molar-refractivity contribution in [2.24, 2.45) is 16.8 Å². The van der Waals surface area contributed by atoms with E-state index >= 15 is 0 Å². The van der Waals surface area contributed by atoms with Gasteiger partial charge in [-0.1, -0.05) is 25.1 Å². The van der Waals surface area contributed by atoms with E-state index < -0.39 is 0 Å². The summed E-state index contributed by atoms with van der Waals surface area (Å²) in [6, 6.07) is 6.83. The lowest BCUT2D eigenvalue weighted by atomic mass is 10.1. The van der Waals surface area contributed by atoms with Gasteiger partial charge in [-0.2, -0.15) is 0 Å². The highest BCUT2D eigenvalue weighted by Crippen LogP contribution is 2.13. The second-order valence-corrected chi connectivity index (χ2v) is 6.40. The van der Waals surface area contributed by atoms with E-state index in [0.717, 1.165) is 6.42 Å². The Labute approximate surface area is 155 Å². The number of anilines is 1. The minimum Gasteiger partial charge on any atom is -0.384 e. The average Bonchev–Trinajstić information content (AvgIpc) is 2.61. The Morgan fingerprint density at radius 3 is 2.58 bits per heavy atom. The minimum absolute atomic E-state index is 0.0649. The highest BCUT2D eigenvalue weighted by atomic mass is 16.6. The van der Waals surface area contributed by atoms with Crippen molar-refractivity contribution in [2.45, 2.75) is 40.5 Å². The number of rotatable bonds is 10. The van der Waals surface area contributed by atoms with Crippen molar-refractivity contribution in [1.29, 1.82) is 0 Å². The first-order valence-electron chi connectivity index (χ1n) is 9.00. The number of nitrogens with two attached hydrogens (primary N) is 1. The van der Waals surface area contributed by atoms with E-state index in [9.17, 15) is 9.59 Å². The zero-order valence-electron chi connectivity index (χ0n) is 16.1. The van der Waals surface area contributed by atoms with Gasteiger partial charge in [-0.25, -0.2) is 0 Å². The third-order valence-electron chi connectivity index (χ3n) is 3.80. The number of nitrogens with one attached hydrogen (secondary N) is 1. The summed E-state index contributed by atoms with van der Waals surface area (Å²) in [6.07, 6.45) is 1.55. The lowest BCUT2D eigenvalue weighted by Crippen LogP contribution is -2.30. The Hall–Kier alpha value is -2.57. The number of hydrogen-bond acceptors (Lipinski definition) is 4. The maximum absolute atomic E-state index is 12.4. The van der Waals surface area contributed by atoms with E-state index in [2.05, 4.69) is 24.3 Å². The molecule has 0 bridgehead atoms. The van der Waals surface area contributed by atoms with Crippen molar-refractivity contribution in [3.8, 4) is 0 Å². The van der Waals surface area contributed by atoms with E-state index in [1.807, 2.05) is 13.8 Å². The standard InChI is InChI=1S/C19H30N4O3/c1-5-23(6-2)19(25)15-8-7-9-16(12-15)21-18(24)13-26-22-17(20)11-10-14(3)4/h7-9,12,14H,5-6,10-11,13H2,1-4H3,(H2,20,22)(H,21,24). The van der Waals surface area contributed by atoms with Crippen LogP contribution in [0.3, 0.4) is 0 Å². The number of oxime groups is 1. The van der Waals surface area contributed by atoms with Gasteiger partial charge in [-0.3, -0.25) is 9.59 Å². The molecule has 0 atom stereocenters. The molecule has 0 saturated heterocycles. The van der Waals surface area contributed by atoms with Crippen molar-refractivity contribution in [3.05, 3.63) is 29.8 Å². The van der Waals surface area contributed by atoms with Crippen LogP contribution in [0.2, 0.25) is 0 Å². The minimum atomic E-state index is -0.363. The van der Waals surface area contributed by atoms with Crippen molar-refractivity contribution in [2.75, 3.05) is 25.0 Å². The van der Waals surface area contributed by atoms with Crippen LogP contribution in [0.5, 0.6) is 0 Å². The van der Waals surface area contributed by atoms with E-state index in [1.54, 1.807) is 29.2 Å². The maximum atomic E-state index is 12.4. The molecule has 1 aromatic carbocycles. The number of amidine groups is 1. The molecular formula is C19H30N4O3. The van der Waals surface area contributed by atoms with Crippen molar-refractivity contribution in [1.82, 2.24) is 4.90 Å². The molecule has 0 heterocycles. The number of nitrogens with zero attached hydrogens (tertiary/aromatic N) is 2. The zero-order chi connectivity index (χ0) is 19.5. The summed E-state index contributed by atoms with van der Waals surface area (Å²) >= 11 is 0. The smallest absolute Gasteiger partial charge is 0.265 e. The van der Waals surface area contributed by atoms with Crippen LogP contribution in [0.1, 0.15) is 50.9 Å². The highest BCUT2D eigenvalue weighted by Gasteiger charge is 2.13. The predicted octanol–water partition coefficient (Wildman–Crippen LogP) is 2.83. The summed E-state index contributed by atoms with van der Waals surface area (Å²) in [4.78, 5) is 31.0. The van der Waals surface area contributed by atoms with Crippen LogP contribution < -0.4 is 11.1 Å². The van der Waals surface area contributed by atoms with Gasteiger partial charge in [0.05, 0.1) is 0 Å². The maximum Gasteiger partial charge on any atom is 0.265 e. The molecule has 1 aromatic rings. The number of carbonyl (C=O) groups excluding carboxylic acids is 2. The molecular weight excluding hydrogens is 332 g/mol. The molecule has 0 aliphatic carbocycles. The van der Waals surface area contributed by atoms with Crippen LogP contribution in [-0.4, -0.2) is 42.2 Å². The Morgan fingerprint density at radius 2 is 1.96 bits per heavy atom. The van der Waals surface area contributed by atoms with Gasteiger partial charge < -0.3 is 20.8 Å².